The van der Waals surface area contributed by atoms with Crippen molar-refractivity contribution in [3.63, 3.8) is 0 Å². The average molecular weight is 327 g/mol. The Kier molecular flexibility index (Phi) is 4.35. The van der Waals surface area contributed by atoms with Crippen molar-refractivity contribution in [2.24, 2.45) is 0 Å². The molecule has 2 heterocycles. The van der Waals surface area contributed by atoms with Gasteiger partial charge in [-0.15, -0.1) is 11.3 Å². The van der Waals surface area contributed by atoms with Crippen LogP contribution in [0.25, 0.3) is 0 Å². The summed E-state index contributed by atoms with van der Waals surface area (Å²) in [4.78, 5) is 13.3. The van der Waals surface area contributed by atoms with E-state index in [0.29, 0.717) is 6.42 Å². The molecule has 0 aliphatic heterocycles. The maximum atomic E-state index is 12.3. The van der Waals surface area contributed by atoms with E-state index in [1.54, 1.807) is 16.0 Å². The zero-order valence-electron chi connectivity index (χ0n) is 10.4. The van der Waals surface area contributed by atoms with E-state index in [1.807, 2.05) is 31.4 Å². The van der Waals surface area contributed by atoms with Crippen molar-refractivity contribution in [1.82, 2.24) is 9.78 Å². The maximum Gasteiger partial charge on any atom is 0.186 e. The van der Waals surface area contributed by atoms with Crippen LogP contribution in [0.15, 0.2) is 22.0 Å². The predicted octanol–water partition coefficient (Wildman–Crippen LogP) is 3.71. The second kappa shape index (κ2) is 5.80. The zero-order chi connectivity index (χ0) is 13.1. The number of thiophene rings is 1. The van der Waals surface area contributed by atoms with Gasteiger partial charge in [0.15, 0.2) is 5.78 Å². The van der Waals surface area contributed by atoms with Crippen LogP contribution in [-0.4, -0.2) is 15.6 Å². The summed E-state index contributed by atoms with van der Waals surface area (Å²) in [5, 5.41) is 6.40. The molecular weight excluding hydrogens is 312 g/mol. The Balaban J connectivity index is 2.20. The Labute approximate surface area is 119 Å². The minimum Gasteiger partial charge on any atom is -0.292 e. The fraction of sp³-hybridized carbons (Fsp3) is 0.385. The third-order valence-electron chi connectivity index (χ3n) is 2.73. The SMILES string of the molecule is CCc1cc(C(=O)Cc2cc(Br)cs2)n(CC)n1. The van der Waals surface area contributed by atoms with Crippen LogP contribution >= 0.6 is 27.3 Å². The smallest absolute Gasteiger partial charge is 0.186 e. The molecule has 0 atom stereocenters. The van der Waals surface area contributed by atoms with Crippen molar-refractivity contribution >= 4 is 33.0 Å². The van der Waals surface area contributed by atoms with Crippen molar-refractivity contribution < 1.29 is 4.79 Å². The Morgan fingerprint density at radius 1 is 1.44 bits per heavy atom. The molecular formula is C13H15BrN2OS. The Morgan fingerprint density at radius 3 is 2.78 bits per heavy atom. The summed E-state index contributed by atoms with van der Waals surface area (Å²) in [6, 6.07) is 3.91. The second-order valence-electron chi connectivity index (χ2n) is 4.02. The van der Waals surface area contributed by atoms with Gasteiger partial charge in [-0.2, -0.15) is 5.10 Å². The summed E-state index contributed by atoms with van der Waals surface area (Å²) >= 11 is 5.00. The molecule has 2 aromatic rings. The predicted molar refractivity (Wildman–Crippen MR) is 77.3 cm³/mol. The highest BCUT2D eigenvalue weighted by atomic mass is 79.9. The van der Waals surface area contributed by atoms with E-state index in [-0.39, 0.29) is 5.78 Å². The third kappa shape index (κ3) is 2.90. The summed E-state index contributed by atoms with van der Waals surface area (Å²) in [5.41, 5.74) is 1.70. The molecule has 2 aromatic heterocycles. The van der Waals surface area contributed by atoms with Gasteiger partial charge in [-0.3, -0.25) is 9.48 Å². The van der Waals surface area contributed by atoms with Crippen LogP contribution in [0.1, 0.15) is 34.9 Å². The van der Waals surface area contributed by atoms with Crippen LogP contribution < -0.4 is 0 Å². The highest BCUT2D eigenvalue weighted by Gasteiger charge is 2.15. The fourth-order valence-corrected chi connectivity index (χ4v) is 3.25. The number of aryl methyl sites for hydroxylation is 2. The molecule has 0 radical (unpaired) electrons. The van der Waals surface area contributed by atoms with Gasteiger partial charge in [-0.05, 0) is 41.4 Å². The van der Waals surface area contributed by atoms with Gasteiger partial charge in [0.2, 0.25) is 0 Å². The van der Waals surface area contributed by atoms with Gasteiger partial charge in [0, 0.05) is 27.7 Å². The lowest BCUT2D eigenvalue weighted by atomic mass is 10.1. The third-order valence-corrected chi connectivity index (χ3v) is 4.43. The summed E-state index contributed by atoms with van der Waals surface area (Å²) in [5.74, 6) is 0.137. The van der Waals surface area contributed by atoms with Crippen molar-refractivity contribution in [3.8, 4) is 0 Å². The van der Waals surface area contributed by atoms with Gasteiger partial charge in [0.05, 0.1) is 5.69 Å². The second-order valence-corrected chi connectivity index (χ2v) is 5.93. The molecule has 0 spiro atoms. The molecule has 0 aliphatic carbocycles. The lowest BCUT2D eigenvalue weighted by Gasteiger charge is -2.02. The average Bonchev–Trinajstić information content (AvgIpc) is 2.95. The number of aromatic nitrogens is 2. The highest BCUT2D eigenvalue weighted by Crippen LogP contribution is 2.21. The van der Waals surface area contributed by atoms with Crippen LogP contribution in [-0.2, 0) is 19.4 Å². The summed E-state index contributed by atoms with van der Waals surface area (Å²) < 4.78 is 2.83. The number of halogens is 1. The van der Waals surface area contributed by atoms with E-state index in [4.69, 9.17) is 0 Å². The van der Waals surface area contributed by atoms with Crippen LogP contribution in [0.4, 0.5) is 0 Å². The largest absolute Gasteiger partial charge is 0.292 e. The number of rotatable bonds is 5. The molecule has 0 N–H and O–H groups in total. The fourth-order valence-electron chi connectivity index (χ4n) is 1.80. The van der Waals surface area contributed by atoms with Crippen molar-refractivity contribution in [1.29, 1.82) is 0 Å². The number of hydrogen-bond donors (Lipinski definition) is 0. The van der Waals surface area contributed by atoms with E-state index in [2.05, 4.69) is 21.0 Å². The van der Waals surface area contributed by atoms with E-state index in [9.17, 15) is 4.79 Å². The molecule has 3 nitrogen and oxygen atoms in total. The quantitative estimate of drug-likeness (QED) is 0.785. The summed E-state index contributed by atoms with van der Waals surface area (Å²) in [6.07, 6.45) is 1.31. The standard InChI is InChI=1S/C13H15BrN2OS/c1-3-10-6-12(16(4-2)15-10)13(17)7-11-5-9(14)8-18-11/h5-6,8H,3-4,7H2,1-2H3. The molecule has 5 heteroatoms. The van der Waals surface area contributed by atoms with Crippen LogP contribution in [0.2, 0.25) is 0 Å². The molecule has 0 fully saturated rings. The first kappa shape index (κ1) is 13.5. The lowest BCUT2D eigenvalue weighted by Crippen LogP contribution is -2.11. The monoisotopic (exact) mass is 326 g/mol. The Morgan fingerprint density at radius 2 is 2.22 bits per heavy atom. The first-order valence-corrected chi connectivity index (χ1v) is 7.64. The van der Waals surface area contributed by atoms with Crippen LogP contribution in [0, 0.1) is 0 Å². The lowest BCUT2D eigenvalue weighted by molar-refractivity contribution is 0.0983. The van der Waals surface area contributed by atoms with E-state index in [1.165, 1.54) is 0 Å². The zero-order valence-corrected chi connectivity index (χ0v) is 12.8. The molecule has 0 bridgehead atoms. The Hall–Kier alpha value is -0.940. The molecule has 0 amide bonds. The molecule has 0 aromatic carbocycles. The topological polar surface area (TPSA) is 34.9 Å². The van der Waals surface area contributed by atoms with Crippen molar-refractivity contribution in [3.05, 3.63) is 38.3 Å². The summed E-state index contributed by atoms with van der Waals surface area (Å²) in [7, 11) is 0. The molecule has 0 unspecified atom stereocenters. The van der Waals surface area contributed by atoms with Gasteiger partial charge in [0.25, 0.3) is 0 Å². The van der Waals surface area contributed by atoms with E-state index in [0.717, 1.165) is 33.7 Å². The number of carbonyl (C=O) groups excluding carboxylic acids is 1. The van der Waals surface area contributed by atoms with Crippen molar-refractivity contribution in [2.45, 2.75) is 33.2 Å². The van der Waals surface area contributed by atoms with Gasteiger partial charge in [-0.25, -0.2) is 0 Å². The molecule has 0 saturated heterocycles. The van der Waals surface area contributed by atoms with Gasteiger partial charge < -0.3 is 0 Å². The maximum absolute atomic E-state index is 12.3. The van der Waals surface area contributed by atoms with Crippen LogP contribution in [0.5, 0.6) is 0 Å². The molecule has 18 heavy (non-hydrogen) atoms. The Bertz CT molecular complexity index is 559. The summed E-state index contributed by atoms with van der Waals surface area (Å²) in [6.45, 7) is 4.78. The molecule has 96 valence electrons. The van der Waals surface area contributed by atoms with Gasteiger partial charge in [0.1, 0.15) is 5.69 Å². The number of nitrogens with zero attached hydrogens (tertiary/aromatic N) is 2. The van der Waals surface area contributed by atoms with Crippen molar-refractivity contribution in [2.75, 3.05) is 0 Å². The minimum atomic E-state index is 0.137. The number of ketones is 1. The first-order valence-electron chi connectivity index (χ1n) is 5.96. The number of Topliss-reactive ketones (excluding diaryl/α,β-unsaturated/α-hetero) is 1. The normalized spacial score (nSPS) is 10.8. The number of hydrogen-bond acceptors (Lipinski definition) is 3. The first-order chi connectivity index (χ1) is 8.63. The van der Waals surface area contributed by atoms with Gasteiger partial charge >= 0.3 is 0 Å². The van der Waals surface area contributed by atoms with E-state index >= 15 is 0 Å². The van der Waals surface area contributed by atoms with E-state index < -0.39 is 0 Å². The van der Waals surface area contributed by atoms with Crippen LogP contribution in [0.3, 0.4) is 0 Å². The molecule has 2 rings (SSSR count). The molecule has 0 aliphatic rings. The minimum absolute atomic E-state index is 0.137. The van der Waals surface area contributed by atoms with Gasteiger partial charge in [-0.1, -0.05) is 6.92 Å². The number of carbonyl (C=O) groups is 1. The highest BCUT2D eigenvalue weighted by molar-refractivity contribution is 9.10. The molecule has 0 saturated carbocycles.